The van der Waals surface area contributed by atoms with Gasteiger partial charge < -0.3 is 4.40 Å². The minimum absolute atomic E-state index is 0.314. The lowest BCUT2D eigenvalue weighted by Gasteiger charge is -1.98. The second-order valence-electron chi connectivity index (χ2n) is 3.69. The zero-order valence-corrected chi connectivity index (χ0v) is 10.4. The largest absolute Gasteiger partial charge is 0.304 e. The number of pyridine rings is 1. The van der Waals surface area contributed by atoms with E-state index in [1.54, 1.807) is 16.7 Å². The number of rotatable bonds is 1. The molecule has 3 rings (SSSR count). The van der Waals surface area contributed by atoms with Crippen molar-refractivity contribution < 1.29 is 4.39 Å². The number of fused-ring (bicyclic) bond motifs is 1. The monoisotopic (exact) mass is 290 g/mol. The molecule has 0 aliphatic carbocycles. The SMILES string of the molecule is Fc1cccn2cc(-c3ccccc3Br)nc12. The van der Waals surface area contributed by atoms with Gasteiger partial charge in [-0.3, -0.25) is 0 Å². The van der Waals surface area contributed by atoms with Gasteiger partial charge in [0.05, 0.1) is 5.69 Å². The van der Waals surface area contributed by atoms with Crippen molar-refractivity contribution in [3.63, 3.8) is 0 Å². The van der Waals surface area contributed by atoms with Gasteiger partial charge in [0.15, 0.2) is 11.5 Å². The van der Waals surface area contributed by atoms with Crippen LogP contribution in [0, 0.1) is 5.82 Å². The van der Waals surface area contributed by atoms with Crippen LogP contribution in [0.3, 0.4) is 0 Å². The van der Waals surface area contributed by atoms with Gasteiger partial charge in [-0.15, -0.1) is 0 Å². The first-order valence-corrected chi connectivity index (χ1v) is 5.93. The average molecular weight is 291 g/mol. The molecule has 3 aromatic rings. The number of aromatic nitrogens is 2. The molecule has 0 N–H and O–H groups in total. The minimum Gasteiger partial charge on any atom is -0.304 e. The van der Waals surface area contributed by atoms with Gasteiger partial charge in [-0.1, -0.05) is 34.1 Å². The summed E-state index contributed by atoms with van der Waals surface area (Å²) in [4.78, 5) is 4.30. The quantitative estimate of drug-likeness (QED) is 0.664. The highest BCUT2D eigenvalue weighted by Gasteiger charge is 2.09. The highest BCUT2D eigenvalue weighted by Crippen LogP contribution is 2.27. The topological polar surface area (TPSA) is 17.3 Å². The lowest BCUT2D eigenvalue weighted by Crippen LogP contribution is -1.84. The van der Waals surface area contributed by atoms with E-state index in [1.807, 2.05) is 30.5 Å². The van der Waals surface area contributed by atoms with Crippen molar-refractivity contribution in [1.82, 2.24) is 9.38 Å². The molecule has 0 radical (unpaired) electrons. The maximum Gasteiger partial charge on any atom is 0.173 e. The molecular formula is C13H8BrFN2. The lowest BCUT2D eigenvalue weighted by atomic mass is 10.2. The van der Waals surface area contributed by atoms with E-state index in [2.05, 4.69) is 20.9 Å². The lowest BCUT2D eigenvalue weighted by molar-refractivity contribution is 0.630. The summed E-state index contributed by atoms with van der Waals surface area (Å²) in [6.45, 7) is 0. The summed E-state index contributed by atoms with van der Waals surface area (Å²) in [5.74, 6) is -0.314. The number of nitrogens with zero attached hydrogens (tertiary/aromatic N) is 2. The molecule has 1 aromatic carbocycles. The zero-order chi connectivity index (χ0) is 11.8. The molecular weight excluding hydrogens is 283 g/mol. The third kappa shape index (κ3) is 1.74. The molecule has 17 heavy (non-hydrogen) atoms. The molecule has 0 atom stereocenters. The van der Waals surface area contributed by atoms with E-state index in [1.165, 1.54) is 6.07 Å². The van der Waals surface area contributed by atoms with Crippen molar-refractivity contribution in [2.75, 3.05) is 0 Å². The predicted octanol–water partition coefficient (Wildman–Crippen LogP) is 3.90. The van der Waals surface area contributed by atoms with Crippen LogP contribution in [-0.2, 0) is 0 Å². The number of benzene rings is 1. The minimum atomic E-state index is -0.314. The van der Waals surface area contributed by atoms with Crippen LogP contribution in [0.15, 0.2) is 53.3 Å². The number of imidazole rings is 1. The van der Waals surface area contributed by atoms with Crippen LogP contribution < -0.4 is 0 Å². The van der Waals surface area contributed by atoms with Gasteiger partial charge in [-0.05, 0) is 18.2 Å². The van der Waals surface area contributed by atoms with Crippen LogP contribution >= 0.6 is 15.9 Å². The van der Waals surface area contributed by atoms with Gasteiger partial charge in [-0.25, -0.2) is 9.37 Å². The van der Waals surface area contributed by atoms with Crippen molar-refractivity contribution in [3.8, 4) is 11.3 Å². The summed E-state index contributed by atoms with van der Waals surface area (Å²) in [6, 6.07) is 10.8. The maximum atomic E-state index is 13.5. The highest BCUT2D eigenvalue weighted by atomic mass is 79.9. The van der Waals surface area contributed by atoms with E-state index in [0.717, 1.165) is 15.7 Å². The Labute approximate surface area is 106 Å². The van der Waals surface area contributed by atoms with Crippen molar-refractivity contribution in [1.29, 1.82) is 0 Å². The Bertz CT molecular complexity index is 691. The van der Waals surface area contributed by atoms with E-state index in [9.17, 15) is 4.39 Å². The molecule has 0 aliphatic heterocycles. The van der Waals surface area contributed by atoms with Gasteiger partial charge in [0.2, 0.25) is 0 Å². The molecule has 84 valence electrons. The molecule has 2 aromatic heterocycles. The Balaban J connectivity index is 2.26. The van der Waals surface area contributed by atoms with Crippen molar-refractivity contribution in [2.24, 2.45) is 0 Å². The Hall–Kier alpha value is -1.68. The molecule has 0 saturated heterocycles. The van der Waals surface area contributed by atoms with Gasteiger partial charge >= 0.3 is 0 Å². The summed E-state index contributed by atoms with van der Waals surface area (Å²) in [7, 11) is 0. The number of hydrogen-bond donors (Lipinski definition) is 0. The first-order valence-electron chi connectivity index (χ1n) is 5.14. The van der Waals surface area contributed by atoms with E-state index in [-0.39, 0.29) is 5.82 Å². The molecule has 0 bridgehead atoms. The first kappa shape index (κ1) is 10.5. The van der Waals surface area contributed by atoms with Crippen molar-refractivity contribution in [2.45, 2.75) is 0 Å². The molecule has 0 aliphatic rings. The Morgan fingerprint density at radius 3 is 2.71 bits per heavy atom. The maximum absolute atomic E-state index is 13.5. The van der Waals surface area contributed by atoms with Crippen LogP contribution in [0.5, 0.6) is 0 Å². The summed E-state index contributed by atoms with van der Waals surface area (Å²) >= 11 is 3.47. The third-order valence-corrected chi connectivity index (χ3v) is 3.28. The Kier molecular flexibility index (Phi) is 2.44. The van der Waals surface area contributed by atoms with E-state index < -0.39 is 0 Å². The van der Waals surface area contributed by atoms with E-state index in [4.69, 9.17) is 0 Å². The summed E-state index contributed by atoms with van der Waals surface area (Å²) in [5, 5.41) is 0. The normalized spacial score (nSPS) is 10.9. The molecule has 4 heteroatoms. The van der Waals surface area contributed by atoms with Crippen LogP contribution in [0.4, 0.5) is 4.39 Å². The molecule has 0 fully saturated rings. The average Bonchev–Trinajstić information content (AvgIpc) is 2.75. The summed E-state index contributed by atoms with van der Waals surface area (Å²) in [6.07, 6.45) is 3.60. The third-order valence-electron chi connectivity index (χ3n) is 2.58. The van der Waals surface area contributed by atoms with Gasteiger partial charge in [0.25, 0.3) is 0 Å². The number of hydrogen-bond acceptors (Lipinski definition) is 1. The summed E-state index contributed by atoms with van der Waals surface area (Å²) in [5.41, 5.74) is 2.05. The van der Waals surface area contributed by atoms with E-state index in [0.29, 0.717) is 5.65 Å². The number of halogens is 2. The molecule has 0 saturated carbocycles. The second-order valence-corrected chi connectivity index (χ2v) is 4.55. The van der Waals surface area contributed by atoms with Crippen molar-refractivity contribution in [3.05, 3.63) is 59.1 Å². The molecule has 0 unspecified atom stereocenters. The smallest absolute Gasteiger partial charge is 0.173 e. The van der Waals surface area contributed by atoms with Crippen molar-refractivity contribution >= 4 is 21.6 Å². The summed E-state index contributed by atoms with van der Waals surface area (Å²) < 4.78 is 16.2. The standard InChI is InChI=1S/C13H8BrFN2/c14-10-5-2-1-4-9(10)12-8-17-7-3-6-11(15)13(17)16-12/h1-8H. The van der Waals surface area contributed by atoms with Gasteiger partial charge in [0.1, 0.15) is 0 Å². The second kappa shape index (κ2) is 3.96. The molecule has 0 spiro atoms. The Morgan fingerprint density at radius 1 is 1.12 bits per heavy atom. The molecule has 2 heterocycles. The Morgan fingerprint density at radius 2 is 1.94 bits per heavy atom. The molecule has 2 nitrogen and oxygen atoms in total. The zero-order valence-electron chi connectivity index (χ0n) is 8.77. The fourth-order valence-electron chi connectivity index (χ4n) is 1.78. The fourth-order valence-corrected chi connectivity index (χ4v) is 2.27. The predicted molar refractivity (Wildman–Crippen MR) is 68.3 cm³/mol. The van der Waals surface area contributed by atoms with Gasteiger partial charge in [-0.2, -0.15) is 0 Å². The van der Waals surface area contributed by atoms with Gasteiger partial charge in [0, 0.05) is 22.4 Å². The van der Waals surface area contributed by atoms with Crippen LogP contribution in [0.1, 0.15) is 0 Å². The van der Waals surface area contributed by atoms with Crippen LogP contribution in [-0.4, -0.2) is 9.38 Å². The van der Waals surface area contributed by atoms with Crippen LogP contribution in [0.2, 0.25) is 0 Å². The highest BCUT2D eigenvalue weighted by molar-refractivity contribution is 9.10. The van der Waals surface area contributed by atoms with E-state index >= 15 is 0 Å². The van der Waals surface area contributed by atoms with Crippen LogP contribution in [0.25, 0.3) is 16.9 Å². The molecule has 0 amide bonds. The first-order chi connectivity index (χ1) is 8.25. The fraction of sp³-hybridized carbons (Fsp3) is 0.